The third-order valence-corrected chi connectivity index (χ3v) is 4.00. The highest BCUT2D eigenvalue weighted by Gasteiger charge is 2.30. The predicted octanol–water partition coefficient (Wildman–Crippen LogP) is 4.08. The van der Waals surface area contributed by atoms with Gasteiger partial charge in [0.1, 0.15) is 17.1 Å². The van der Waals surface area contributed by atoms with E-state index in [0.717, 1.165) is 38.6 Å². The van der Waals surface area contributed by atoms with Crippen LogP contribution in [0.1, 0.15) is 52.9 Å². The number of halogens is 1. The van der Waals surface area contributed by atoms with E-state index in [0.29, 0.717) is 17.6 Å². The second-order valence-corrected chi connectivity index (χ2v) is 7.38. The third-order valence-electron chi connectivity index (χ3n) is 3.80. The maximum absolute atomic E-state index is 12.4. The standard InChI is InChI=1S/C17H26ClN3O3/c1-17(2,3)24-16(22)21-9-5-4-7-13(21)8-6-10-23-15-11-14(18)19-12-20-15/h11-13H,4-10H2,1-3H3. The van der Waals surface area contributed by atoms with Crippen LogP contribution in [-0.2, 0) is 4.74 Å². The summed E-state index contributed by atoms with van der Waals surface area (Å²) < 4.78 is 11.1. The van der Waals surface area contributed by atoms with Crippen molar-refractivity contribution in [2.75, 3.05) is 13.2 Å². The molecule has 1 aromatic rings. The fourth-order valence-electron chi connectivity index (χ4n) is 2.75. The average Bonchev–Trinajstić information content (AvgIpc) is 2.50. The first-order chi connectivity index (χ1) is 11.3. The lowest BCUT2D eigenvalue weighted by Crippen LogP contribution is -2.46. The summed E-state index contributed by atoms with van der Waals surface area (Å²) in [5, 5.41) is 0.364. The molecule has 1 aromatic heterocycles. The van der Waals surface area contributed by atoms with Crippen molar-refractivity contribution in [3.8, 4) is 5.88 Å². The first-order valence-corrected chi connectivity index (χ1v) is 8.83. The van der Waals surface area contributed by atoms with Crippen LogP contribution in [0.3, 0.4) is 0 Å². The molecule has 134 valence electrons. The molecule has 0 aliphatic carbocycles. The molecular weight excluding hydrogens is 330 g/mol. The SMILES string of the molecule is CC(C)(C)OC(=O)N1CCCCC1CCCOc1cc(Cl)ncn1. The van der Waals surface area contributed by atoms with E-state index in [9.17, 15) is 4.79 Å². The molecule has 2 rings (SSSR count). The summed E-state index contributed by atoms with van der Waals surface area (Å²) in [5.41, 5.74) is -0.464. The first kappa shape index (κ1) is 18.8. The number of piperidine rings is 1. The van der Waals surface area contributed by atoms with Crippen molar-refractivity contribution < 1.29 is 14.3 Å². The molecule has 2 heterocycles. The number of aromatic nitrogens is 2. The maximum Gasteiger partial charge on any atom is 0.410 e. The number of nitrogens with zero attached hydrogens (tertiary/aromatic N) is 3. The molecule has 1 unspecified atom stereocenters. The number of rotatable bonds is 5. The van der Waals surface area contributed by atoms with Crippen molar-refractivity contribution >= 4 is 17.7 Å². The van der Waals surface area contributed by atoms with E-state index < -0.39 is 5.60 Å². The predicted molar refractivity (Wildman–Crippen MR) is 92.4 cm³/mol. The maximum atomic E-state index is 12.4. The molecule has 0 saturated carbocycles. The molecule has 1 aliphatic rings. The fraction of sp³-hybridized carbons (Fsp3) is 0.706. The van der Waals surface area contributed by atoms with Crippen molar-refractivity contribution in [1.82, 2.24) is 14.9 Å². The zero-order valence-corrected chi connectivity index (χ0v) is 15.4. The second kappa shape index (κ2) is 8.51. The largest absolute Gasteiger partial charge is 0.478 e. The Hall–Kier alpha value is -1.56. The topological polar surface area (TPSA) is 64.5 Å². The van der Waals surface area contributed by atoms with Crippen LogP contribution < -0.4 is 4.74 Å². The van der Waals surface area contributed by atoms with Crippen LogP contribution in [0.25, 0.3) is 0 Å². The van der Waals surface area contributed by atoms with Gasteiger partial charge in [0.25, 0.3) is 0 Å². The van der Waals surface area contributed by atoms with Gasteiger partial charge in [-0.25, -0.2) is 14.8 Å². The molecule has 1 saturated heterocycles. The van der Waals surface area contributed by atoms with Crippen molar-refractivity contribution in [2.24, 2.45) is 0 Å². The normalized spacial score (nSPS) is 18.3. The summed E-state index contributed by atoms with van der Waals surface area (Å²) in [4.78, 5) is 22.0. The van der Waals surface area contributed by atoms with Crippen molar-refractivity contribution in [2.45, 2.75) is 64.5 Å². The van der Waals surface area contributed by atoms with Crippen LogP contribution >= 0.6 is 11.6 Å². The van der Waals surface area contributed by atoms with Gasteiger partial charge in [-0.3, -0.25) is 0 Å². The first-order valence-electron chi connectivity index (χ1n) is 8.45. The van der Waals surface area contributed by atoms with Crippen molar-refractivity contribution in [1.29, 1.82) is 0 Å². The Bertz CT molecular complexity index is 548. The van der Waals surface area contributed by atoms with Crippen LogP contribution in [0.5, 0.6) is 5.88 Å². The van der Waals surface area contributed by atoms with E-state index in [1.54, 1.807) is 6.07 Å². The minimum Gasteiger partial charge on any atom is -0.478 e. The smallest absolute Gasteiger partial charge is 0.410 e. The van der Waals surface area contributed by atoms with Gasteiger partial charge in [0.2, 0.25) is 5.88 Å². The summed E-state index contributed by atoms with van der Waals surface area (Å²) >= 11 is 5.80. The van der Waals surface area contributed by atoms with E-state index in [1.807, 2.05) is 25.7 Å². The molecule has 1 atom stereocenters. The number of hydrogen-bond acceptors (Lipinski definition) is 5. The van der Waals surface area contributed by atoms with E-state index in [1.165, 1.54) is 6.33 Å². The van der Waals surface area contributed by atoms with E-state index in [2.05, 4.69) is 9.97 Å². The molecule has 0 radical (unpaired) electrons. The van der Waals surface area contributed by atoms with E-state index >= 15 is 0 Å². The summed E-state index contributed by atoms with van der Waals surface area (Å²) in [6, 6.07) is 1.81. The molecule has 1 amide bonds. The Morgan fingerprint density at radius 3 is 2.88 bits per heavy atom. The zero-order valence-electron chi connectivity index (χ0n) is 14.6. The van der Waals surface area contributed by atoms with E-state index in [-0.39, 0.29) is 12.1 Å². The Kier molecular flexibility index (Phi) is 6.66. The molecule has 6 nitrogen and oxygen atoms in total. The van der Waals surface area contributed by atoms with Crippen LogP contribution in [-0.4, -0.2) is 45.8 Å². The molecule has 0 bridgehead atoms. The van der Waals surface area contributed by atoms with Gasteiger partial charge >= 0.3 is 6.09 Å². The van der Waals surface area contributed by atoms with Gasteiger partial charge in [0, 0.05) is 18.7 Å². The highest BCUT2D eigenvalue weighted by atomic mass is 35.5. The molecule has 1 aliphatic heterocycles. The highest BCUT2D eigenvalue weighted by molar-refractivity contribution is 6.29. The fourth-order valence-corrected chi connectivity index (χ4v) is 2.89. The number of amides is 1. The van der Waals surface area contributed by atoms with Gasteiger partial charge in [-0.1, -0.05) is 11.6 Å². The number of hydrogen-bond donors (Lipinski definition) is 0. The number of ether oxygens (including phenoxy) is 2. The Morgan fingerprint density at radius 1 is 1.38 bits per heavy atom. The summed E-state index contributed by atoms with van der Waals surface area (Å²) in [6.07, 6.45) is 6.08. The number of likely N-dealkylation sites (tertiary alicyclic amines) is 1. The van der Waals surface area contributed by atoms with Gasteiger partial charge in [-0.15, -0.1) is 0 Å². The molecule has 24 heavy (non-hydrogen) atoms. The molecule has 7 heteroatoms. The molecular formula is C17H26ClN3O3. The van der Waals surface area contributed by atoms with Crippen molar-refractivity contribution in [3.05, 3.63) is 17.5 Å². The minimum absolute atomic E-state index is 0.212. The second-order valence-electron chi connectivity index (χ2n) is 6.99. The number of carbonyl (C=O) groups is 1. The molecule has 0 spiro atoms. The lowest BCUT2D eigenvalue weighted by Gasteiger charge is -2.36. The minimum atomic E-state index is -0.464. The summed E-state index contributed by atoms with van der Waals surface area (Å²) in [6.45, 7) is 6.98. The van der Waals surface area contributed by atoms with Gasteiger partial charge in [0.05, 0.1) is 6.61 Å². The zero-order chi connectivity index (χ0) is 17.6. The monoisotopic (exact) mass is 355 g/mol. The molecule has 0 aromatic carbocycles. The molecule has 1 fully saturated rings. The summed E-state index contributed by atoms with van der Waals surface area (Å²) in [5.74, 6) is 0.475. The van der Waals surface area contributed by atoms with Gasteiger partial charge in [-0.05, 0) is 52.9 Å². The van der Waals surface area contributed by atoms with Crippen LogP contribution in [0.4, 0.5) is 4.79 Å². The lowest BCUT2D eigenvalue weighted by atomic mass is 9.98. The quantitative estimate of drug-likeness (QED) is 0.588. The molecule has 0 N–H and O–H groups in total. The summed E-state index contributed by atoms with van der Waals surface area (Å²) in [7, 11) is 0. The van der Waals surface area contributed by atoms with Gasteiger partial charge in [0.15, 0.2) is 0 Å². The Balaban J connectivity index is 1.79. The average molecular weight is 356 g/mol. The van der Waals surface area contributed by atoms with Crippen LogP contribution in [0.2, 0.25) is 5.15 Å². The Labute approximate surface area is 148 Å². The highest BCUT2D eigenvalue weighted by Crippen LogP contribution is 2.23. The number of carbonyl (C=O) groups excluding carboxylic acids is 1. The Morgan fingerprint density at radius 2 is 2.17 bits per heavy atom. The van der Waals surface area contributed by atoms with Crippen molar-refractivity contribution in [3.63, 3.8) is 0 Å². The van der Waals surface area contributed by atoms with Crippen LogP contribution in [0.15, 0.2) is 12.4 Å². The van der Waals surface area contributed by atoms with Gasteiger partial charge < -0.3 is 14.4 Å². The van der Waals surface area contributed by atoms with E-state index in [4.69, 9.17) is 21.1 Å². The van der Waals surface area contributed by atoms with Gasteiger partial charge in [-0.2, -0.15) is 0 Å². The van der Waals surface area contributed by atoms with Crippen LogP contribution in [0, 0.1) is 0 Å². The lowest BCUT2D eigenvalue weighted by molar-refractivity contribution is 0.00822. The third kappa shape index (κ3) is 6.15.